The quantitative estimate of drug-likeness (QED) is 0.321. The molecule has 1 atom stereocenters. The summed E-state index contributed by atoms with van der Waals surface area (Å²) in [6, 6.07) is 15.3. The summed E-state index contributed by atoms with van der Waals surface area (Å²) < 4.78 is 7.52. The second kappa shape index (κ2) is 11.7. The molecule has 3 aromatic rings. The van der Waals surface area contributed by atoms with Gasteiger partial charge in [-0.05, 0) is 69.4 Å². The molecule has 0 saturated heterocycles. The van der Waals surface area contributed by atoms with Crippen molar-refractivity contribution in [3.05, 3.63) is 71.9 Å². The molecule has 0 saturated carbocycles. The van der Waals surface area contributed by atoms with E-state index >= 15 is 0 Å². The third kappa shape index (κ3) is 6.31. The summed E-state index contributed by atoms with van der Waals surface area (Å²) in [7, 11) is 2.05. The van der Waals surface area contributed by atoms with Gasteiger partial charge >= 0.3 is 0 Å². The number of ether oxygens (including phenoxy) is 1. The first-order chi connectivity index (χ1) is 15.5. The van der Waals surface area contributed by atoms with Gasteiger partial charge in [-0.1, -0.05) is 31.5 Å². The Balaban J connectivity index is 1.74. The zero-order valence-electron chi connectivity index (χ0n) is 19.3. The van der Waals surface area contributed by atoms with Gasteiger partial charge in [-0.25, -0.2) is 0 Å². The van der Waals surface area contributed by atoms with E-state index in [-0.39, 0.29) is 5.78 Å². The topological polar surface area (TPSA) is 54.7 Å². The van der Waals surface area contributed by atoms with Crippen LogP contribution in [0.2, 0.25) is 0 Å². The molecule has 0 aliphatic carbocycles. The molecule has 0 amide bonds. The van der Waals surface area contributed by atoms with Gasteiger partial charge in [0.25, 0.3) is 0 Å². The van der Waals surface area contributed by atoms with Gasteiger partial charge < -0.3 is 19.3 Å². The number of hydrogen-bond donors (Lipinski definition) is 1. The number of allylic oxidation sites excluding steroid dienone is 1. The Bertz CT molecular complexity index is 1040. The molecule has 0 aliphatic heterocycles. The van der Waals surface area contributed by atoms with Crippen molar-refractivity contribution in [3.8, 4) is 5.75 Å². The minimum absolute atomic E-state index is 0.0533. The van der Waals surface area contributed by atoms with Crippen molar-refractivity contribution < 1.29 is 14.6 Å². The number of carbonyl (C=O) groups is 1. The van der Waals surface area contributed by atoms with Gasteiger partial charge in [-0.3, -0.25) is 4.79 Å². The lowest BCUT2D eigenvalue weighted by atomic mass is 10.1. The third-order valence-electron chi connectivity index (χ3n) is 5.51. The van der Waals surface area contributed by atoms with Crippen molar-refractivity contribution >= 4 is 22.8 Å². The number of nitrogens with zero attached hydrogens (tertiary/aromatic N) is 2. The molecule has 2 aromatic carbocycles. The number of para-hydroxylation sites is 1. The van der Waals surface area contributed by atoms with E-state index in [2.05, 4.69) is 22.5 Å². The van der Waals surface area contributed by atoms with Crippen molar-refractivity contribution in [2.24, 2.45) is 0 Å². The molecule has 1 heterocycles. The summed E-state index contributed by atoms with van der Waals surface area (Å²) >= 11 is 0. The van der Waals surface area contributed by atoms with E-state index in [1.165, 1.54) is 0 Å². The number of ketones is 1. The minimum atomic E-state index is -0.463. The maximum Gasteiger partial charge on any atom is 0.185 e. The lowest BCUT2D eigenvalue weighted by molar-refractivity contribution is 0.104. The molecule has 0 radical (unpaired) electrons. The predicted octanol–water partition coefficient (Wildman–Crippen LogP) is 5.03. The van der Waals surface area contributed by atoms with Crippen LogP contribution in [0, 0.1) is 0 Å². The van der Waals surface area contributed by atoms with E-state index in [0.29, 0.717) is 25.3 Å². The van der Waals surface area contributed by atoms with Gasteiger partial charge in [0.15, 0.2) is 5.78 Å². The number of carbonyl (C=O) groups excluding carboxylic acids is 1. The molecule has 5 nitrogen and oxygen atoms in total. The highest BCUT2D eigenvalue weighted by Gasteiger charge is 2.13. The van der Waals surface area contributed by atoms with E-state index in [9.17, 15) is 9.90 Å². The molecule has 1 N–H and O–H groups in total. The van der Waals surface area contributed by atoms with E-state index < -0.39 is 6.10 Å². The fourth-order valence-electron chi connectivity index (χ4n) is 3.87. The van der Waals surface area contributed by atoms with Crippen LogP contribution in [0.25, 0.3) is 17.0 Å². The Hall–Kier alpha value is -2.89. The van der Waals surface area contributed by atoms with Gasteiger partial charge in [0, 0.05) is 41.3 Å². The highest BCUT2D eigenvalue weighted by molar-refractivity contribution is 6.07. The Labute approximate surface area is 190 Å². The Morgan fingerprint density at radius 2 is 1.91 bits per heavy atom. The SMILES string of the molecule is CCCCN(C)C[C@H](O)Cn1cc(/C=C/C(=O)c2ccc(OCC)cc2)c2ccccc21. The first kappa shape index (κ1) is 23.8. The molecule has 1 aromatic heterocycles. The van der Waals surface area contributed by atoms with Crippen molar-refractivity contribution in [3.63, 3.8) is 0 Å². The maximum absolute atomic E-state index is 12.6. The molecular formula is C27H34N2O3. The summed E-state index contributed by atoms with van der Waals surface area (Å²) in [6.07, 6.45) is 7.30. The molecule has 0 fully saturated rings. The van der Waals surface area contributed by atoms with Gasteiger partial charge in [-0.15, -0.1) is 0 Å². The average Bonchev–Trinajstić information content (AvgIpc) is 3.14. The number of unbranched alkanes of at least 4 members (excludes halogenated alkanes) is 1. The summed E-state index contributed by atoms with van der Waals surface area (Å²) in [6.45, 7) is 6.84. The van der Waals surface area contributed by atoms with Gasteiger partial charge in [0.1, 0.15) is 5.75 Å². The van der Waals surface area contributed by atoms with Crippen molar-refractivity contribution in [2.45, 2.75) is 39.3 Å². The summed E-state index contributed by atoms with van der Waals surface area (Å²) in [5.74, 6) is 0.706. The average molecular weight is 435 g/mol. The van der Waals surface area contributed by atoms with Crippen LogP contribution in [0.3, 0.4) is 0 Å². The Morgan fingerprint density at radius 3 is 2.62 bits per heavy atom. The first-order valence-corrected chi connectivity index (χ1v) is 11.4. The van der Waals surface area contributed by atoms with E-state index in [1.807, 2.05) is 56.6 Å². The lowest BCUT2D eigenvalue weighted by Gasteiger charge is -2.21. The number of fused-ring (bicyclic) bond motifs is 1. The molecule has 0 bridgehead atoms. The molecular weight excluding hydrogens is 400 g/mol. The molecule has 5 heteroatoms. The summed E-state index contributed by atoms with van der Waals surface area (Å²) in [4.78, 5) is 14.8. The number of aliphatic hydroxyl groups excluding tert-OH is 1. The van der Waals surface area contributed by atoms with Crippen molar-refractivity contribution in [1.29, 1.82) is 0 Å². The van der Waals surface area contributed by atoms with Crippen LogP contribution in [0.15, 0.2) is 60.8 Å². The molecule has 0 aliphatic rings. The fraction of sp³-hybridized carbons (Fsp3) is 0.370. The second-order valence-corrected chi connectivity index (χ2v) is 8.18. The largest absolute Gasteiger partial charge is 0.494 e. The van der Waals surface area contributed by atoms with Crippen LogP contribution in [0.5, 0.6) is 5.75 Å². The van der Waals surface area contributed by atoms with Crippen LogP contribution in [0.4, 0.5) is 0 Å². The molecule has 3 rings (SSSR count). The fourth-order valence-corrected chi connectivity index (χ4v) is 3.87. The Morgan fingerprint density at radius 1 is 1.16 bits per heavy atom. The van der Waals surface area contributed by atoms with E-state index in [0.717, 1.165) is 41.6 Å². The number of hydrogen-bond acceptors (Lipinski definition) is 4. The zero-order valence-corrected chi connectivity index (χ0v) is 19.3. The first-order valence-electron chi connectivity index (χ1n) is 11.4. The highest BCUT2D eigenvalue weighted by atomic mass is 16.5. The van der Waals surface area contributed by atoms with Crippen LogP contribution in [0.1, 0.15) is 42.6 Å². The summed E-state index contributed by atoms with van der Waals surface area (Å²) in [5.41, 5.74) is 2.64. The van der Waals surface area contributed by atoms with Gasteiger partial charge in [-0.2, -0.15) is 0 Å². The molecule has 0 unspecified atom stereocenters. The maximum atomic E-state index is 12.6. The predicted molar refractivity (Wildman–Crippen MR) is 131 cm³/mol. The highest BCUT2D eigenvalue weighted by Crippen LogP contribution is 2.23. The van der Waals surface area contributed by atoms with Crippen molar-refractivity contribution in [1.82, 2.24) is 9.47 Å². The number of rotatable bonds is 12. The summed E-state index contributed by atoms with van der Waals surface area (Å²) in [5, 5.41) is 11.7. The standard InChI is InChI=1S/C27H34N2O3/c1-4-6-17-28(3)19-23(30)20-29-18-22(25-9-7-8-10-26(25)29)13-16-27(31)21-11-14-24(15-12-21)32-5-2/h7-16,18,23,30H,4-6,17,19-20H2,1-3H3/b16-13+/t23-/m0/s1. The Kier molecular flexibility index (Phi) is 8.65. The zero-order chi connectivity index (χ0) is 22.9. The third-order valence-corrected chi connectivity index (χ3v) is 5.51. The van der Waals surface area contributed by atoms with E-state index in [1.54, 1.807) is 18.2 Å². The van der Waals surface area contributed by atoms with E-state index in [4.69, 9.17) is 4.74 Å². The van der Waals surface area contributed by atoms with Crippen LogP contribution >= 0.6 is 0 Å². The number of likely N-dealkylation sites (N-methyl/N-ethyl adjacent to an activating group) is 1. The lowest BCUT2D eigenvalue weighted by Crippen LogP contribution is -2.32. The van der Waals surface area contributed by atoms with Crippen LogP contribution in [-0.2, 0) is 6.54 Å². The molecule has 0 spiro atoms. The second-order valence-electron chi connectivity index (χ2n) is 8.18. The number of aliphatic hydroxyl groups is 1. The monoisotopic (exact) mass is 434 g/mol. The minimum Gasteiger partial charge on any atom is -0.494 e. The smallest absolute Gasteiger partial charge is 0.185 e. The van der Waals surface area contributed by atoms with Gasteiger partial charge in [0.2, 0.25) is 0 Å². The van der Waals surface area contributed by atoms with Crippen LogP contribution in [-0.4, -0.2) is 53.2 Å². The van der Waals surface area contributed by atoms with Crippen molar-refractivity contribution in [2.75, 3.05) is 26.7 Å². The van der Waals surface area contributed by atoms with Gasteiger partial charge in [0.05, 0.1) is 12.7 Å². The number of aromatic nitrogens is 1. The number of benzene rings is 2. The van der Waals surface area contributed by atoms with Crippen LogP contribution < -0.4 is 4.74 Å². The normalized spacial score (nSPS) is 12.7. The molecule has 170 valence electrons. The molecule has 32 heavy (non-hydrogen) atoms.